The molecule has 1 unspecified atom stereocenters. The number of hydrogen-bond donors (Lipinski definition) is 0. The van der Waals surface area contributed by atoms with E-state index in [4.69, 9.17) is 4.74 Å². The molecule has 0 aromatic carbocycles. The van der Waals surface area contributed by atoms with Crippen molar-refractivity contribution in [1.82, 2.24) is 9.80 Å². The van der Waals surface area contributed by atoms with Crippen LogP contribution in [-0.4, -0.2) is 60.1 Å². The molecule has 0 N–H and O–H groups in total. The molecule has 1 rings (SSSR count). The van der Waals surface area contributed by atoms with Gasteiger partial charge < -0.3 is 4.74 Å². The normalized spacial score (nSPS) is 22.8. The molecule has 0 amide bonds. The van der Waals surface area contributed by atoms with Crippen LogP contribution in [-0.2, 0) is 9.53 Å². The summed E-state index contributed by atoms with van der Waals surface area (Å²) in [4.78, 5) is 16.6. The molecule has 4 nitrogen and oxygen atoms in total. The van der Waals surface area contributed by atoms with Crippen molar-refractivity contribution in [2.24, 2.45) is 0 Å². The summed E-state index contributed by atoms with van der Waals surface area (Å²) in [5.74, 6) is -0.110. The van der Waals surface area contributed by atoms with Crippen LogP contribution in [0.15, 0.2) is 12.7 Å². The standard InChI is InChI=1S/C14H26N2O2/c1-6-8-15-9-10-16(14(3,4)5)12(11-15)13(17)18-7-2/h6,12H,1,7-11H2,2-5H3. The van der Waals surface area contributed by atoms with E-state index in [2.05, 4.69) is 37.1 Å². The molecular formula is C14H26N2O2. The van der Waals surface area contributed by atoms with Gasteiger partial charge in [-0.15, -0.1) is 6.58 Å². The molecule has 0 saturated carbocycles. The molecular weight excluding hydrogens is 228 g/mol. The zero-order chi connectivity index (χ0) is 13.8. The Hall–Kier alpha value is -0.870. The molecule has 1 fully saturated rings. The van der Waals surface area contributed by atoms with Crippen LogP contribution in [0.2, 0.25) is 0 Å². The van der Waals surface area contributed by atoms with Crippen LogP contribution in [0, 0.1) is 0 Å². The summed E-state index contributed by atoms with van der Waals surface area (Å²) in [5, 5.41) is 0. The van der Waals surface area contributed by atoms with Gasteiger partial charge in [0, 0.05) is 31.7 Å². The molecule has 0 aliphatic carbocycles. The Morgan fingerprint density at radius 1 is 1.44 bits per heavy atom. The van der Waals surface area contributed by atoms with Crippen LogP contribution in [0.25, 0.3) is 0 Å². The number of esters is 1. The lowest BCUT2D eigenvalue weighted by molar-refractivity contribution is -0.155. The van der Waals surface area contributed by atoms with E-state index < -0.39 is 0 Å². The quantitative estimate of drug-likeness (QED) is 0.562. The smallest absolute Gasteiger partial charge is 0.324 e. The number of piperazine rings is 1. The van der Waals surface area contributed by atoms with E-state index in [1.807, 2.05) is 13.0 Å². The minimum Gasteiger partial charge on any atom is -0.465 e. The summed E-state index contributed by atoms with van der Waals surface area (Å²) in [5.41, 5.74) is -0.0162. The number of rotatable bonds is 4. The maximum absolute atomic E-state index is 12.1. The molecule has 1 heterocycles. The van der Waals surface area contributed by atoms with Crippen LogP contribution in [0.3, 0.4) is 0 Å². The molecule has 4 heteroatoms. The molecule has 0 aromatic heterocycles. The maximum Gasteiger partial charge on any atom is 0.324 e. The summed E-state index contributed by atoms with van der Waals surface area (Å²) in [6.45, 7) is 15.9. The van der Waals surface area contributed by atoms with Crippen LogP contribution in [0.5, 0.6) is 0 Å². The third-order valence-electron chi connectivity index (χ3n) is 3.27. The summed E-state index contributed by atoms with van der Waals surface area (Å²) in [6.07, 6.45) is 1.88. The number of nitrogens with zero attached hydrogens (tertiary/aromatic N) is 2. The first-order valence-corrected chi connectivity index (χ1v) is 6.66. The van der Waals surface area contributed by atoms with Gasteiger partial charge in [-0.1, -0.05) is 6.08 Å². The van der Waals surface area contributed by atoms with Gasteiger partial charge in [-0.05, 0) is 27.7 Å². The third-order valence-corrected chi connectivity index (χ3v) is 3.27. The Balaban J connectivity index is 2.79. The van der Waals surface area contributed by atoms with Gasteiger partial charge in [-0.25, -0.2) is 0 Å². The van der Waals surface area contributed by atoms with Crippen LogP contribution in [0.1, 0.15) is 27.7 Å². The van der Waals surface area contributed by atoms with Gasteiger partial charge >= 0.3 is 5.97 Å². The fraction of sp³-hybridized carbons (Fsp3) is 0.786. The second-order valence-electron chi connectivity index (χ2n) is 5.68. The van der Waals surface area contributed by atoms with Crippen molar-refractivity contribution >= 4 is 5.97 Å². The van der Waals surface area contributed by atoms with Crippen molar-refractivity contribution in [3.8, 4) is 0 Å². The van der Waals surface area contributed by atoms with Crippen molar-refractivity contribution in [2.75, 3.05) is 32.8 Å². The Bertz CT molecular complexity index is 297. The van der Waals surface area contributed by atoms with Gasteiger partial charge in [0.1, 0.15) is 6.04 Å². The van der Waals surface area contributed by atoms with E-state index in [0.717, 1.165) is 26.2 Å². The predicted molar refractivity (Wildman–Crippen MR) is 73.5 cm³/mol. The topological polar surface area (TPSA) is 32.8 Å². The number of hydrogen-bond acceptors (Lipinski definition) is 4. The summed E-state index contributed by atoms with van der Waals surface area (Å²) >= 11 is 0. The van der Waals surface area contributed by atoms with Crippen molar-refractivity contribution in [3.63, 3.8) is 0 Å². The predicted octanol–water partition coefficient (Wildman–Crippen LogP) is 1.52. The van der Waals surface area contributed by atoms with Gasteiger partial charge in [0.05, 0.1) is 6.61 Å². The largest absolute Gasteiger partial charge is 0.465 e. The lowest BCUT2D eigenvalue weighted by atomic mass is 10.00. The van der Waals surface area contributed by atoms with E-state index in [1.54, 1.807) is 0 Å². The first-order chi connectivity index (χ1) is 8.40. The molecule has 0 radical (unpaired) electrons. The highest BCUT2D eigenvalue weighted by atomic mass is 16.5. The fourth-order valence-electron chi connectivity index (χ4n) is 2.43. The number of carbonyl (C=O) groups excluding carboxylic acids is 1. The molecule has 1 aliphatic heterocycles. The molecule has 1 aliphatic rings. The maximum atomic E-state index is 12.1. The molecule has 1 saturated heterocycles. The highest BCUT2D eigenvalue weighted by molar-refractivity contribution is 5.76. The molecule has 0 aromatic rings. The van der Waals surface area contributed by atoms with Crippen LogP contribution >= 0.6 is 0 Å². The minimum absolute atomic E-state index is 0.0162. The van der Waals surface area contributed by atoms with E-state index in [0.29, 0.717) is 6.61 Å². The number of ether oxygens (including phenoxy) is 1. The molecule has 1 atom stereocenters. The van der Waals surface area contributed by atoms with E-state index >= 15 is 0 Å². The number of carbonyl (C=O) groups is 1. The van der Waals surface area contributed by atoms with Gasteiger partial charge in [0.25, 0.3) is 0 Å². The third kappa shape index (κ3) is 3.82. The first-order valence-electron chi connectivity index (χ1n) is 6.66. The minimum atomic E-state index is -0.168. The highest BCUT2D eigenvalue weighted by Crippen LogP contribution is 2.22. The Morgan fingerprint density at radius 3 is 2.61 bits per heavy atom. The van der Waals surface area contributed by atoms with E-state index in [-0.39, 0.29) is 17.6 Å². The molecule has 0 bridgehead atoms. The van der Waals surface area contributed by atoms with Crippen LogP contribution in [0.4, 0.5) is 0 Å². The average molecular weight is 254 g/mol. The van der Waals surface area contributed by atoms with Crippen molar-refractivity contribution in [1.29, 1.82) is 0 Å². The molecule has 0 spiro atoms. The van der Waals surface area contributed by atoms with Crippen molar-refractivity contribution in [2.45, 2.75) is 39.3 Å². The Labute approximate surface area is 111 Å². The van der Waals surface area contributed by atoms with E-state index in [1.165, 1.54) is 0 Å². The Kier molecular flexibility index (Phi) is 5.35. The van der Waals surface area contributed by atoms with Gasteiger partial charge in [0.2, 0.25) is 0 Å². The average Bonchev–Trinajstić information content (AvgIpc) is 2.28. The second-order valence-corrected chi connectivity index (χ2v) is 5.68. The van der Waals surface area contributed by atoms with Crippen molar-refractivity contribution in [3.05, 3.63) is 12.7 Å². The molecule has 18 heavy (non-hydrogen) atoms. The lowest BCUT2D eigenvalue weighted by Gasteiger charge is -2.46. The summed E-state index contributed by atoms with van der Waals surface area (Å²) in [6, 6.07) is -0.168. The Morgan fingerprint density at radius 2 is 2.11 bits per heavy atom. The van der Waals surface area contributed by atoms with Crippen LogP contribution < -0.4 is 0 Å². The fourth-order valence-corrected chi connectivity index (χ4v) is 2.43. The zero-order valence-electron chi connectivity index (χ0n) is 12.1. The van der Waals surface area contributed by atoms with Gasteiger partial charge in [0.15, 0.2) is 0 Å². The van der Waals surface area contributed by atoms with E-state index in [9.17, 15) is 4.79 Å². The highest BCUT2D eigenvalue weighted by Gasteiger charge is 2.38. The summed E-state index contributed by atoms with van der Waals surface area (Å²) < 4.78 is 5.20. The second kappa shape index (κ2) is 6.34. The SMILES string of the molecule is C=CCN1CCN(C(C)(C)C)C(C(=O)OCC)C1. The lowest BCUT2D eigenvalue weighted by Crippen LogP contribution is -2.62. The van der Waals surface area contributed by atoms with Gasteiger partial charge in [-0.2, -0.15) is 0 Å². The molecule has 104 valence electrons. The first kappa shape index (κ1) is 15.2. The van der Waals surface area contributed by atoms with Crippen molar-refractivity contribution < 1.29 is 9.53 Å². The summed E-state index contributed by atoms with van der Waals surface area (Å²) in [7, 11) is 0. The monoisotopic (exact) mass is 254 g/mol. The van der Waals surface area contributed by atoms with Gasteiger partial charge in [-0.3, -0.25) is 14.6 Å². The zero-order valence-corrected chi connectivity index (χ0v) is 12.1.